The zero-order valence-electron chi connectivity index (χ0n) is 13.0. The van der Waals surface area contributed by atoms with Gasteiger partial charge in [0.1, 0.15) is 0 Å². The minimum atomic E-state index is 0.155. The van der Waals surface area contributed by atoms with Crippen LogP contribution in [0.15, 0.2) is 42.5 Å². The molecule has 0 fully saturated rings. The predicted octanol–water partition coefficient (Wildman–Crippen LogP) is 4.69. The Morgan fingerprint density at radius 3 is 2.16 bits per heavy atom. The van der Waals surface area contributed by atoms with Crippen molar-refractivity contribution in [3.63, 3.8) is 0 Å². The molecule has 1 aromatic rings. The first kappa shape index (κ1) is 16.0. The maximum absolute atomic E-state index is 4.23. The summed E-state index contributed by atoms with van der Waals surface area (Å²) in [5.74, 6) is 0. The SMILES string of the molecule is C=C(C)C(NCCC)C(CC)(CC)c1ccccc1. The second kappa shape index (κ2) is 7.49. The molecule has 0 heterocycles. The normalized spacial score (nSPS) is 13.3. The molecule has 0 saturated heterocycles. The number of benzene rings is 1. The molecule has 1 heteroatoms. The van der Waals surface area contributed by atoms with Gasteiger partial charge in [0.25, 0.3) is 0 Å². The highest BCUT2D eigenvalue weighted by Crippen LogP contribution is 2.37. The van der Waals surface area contributed by atoms with Crippen LogP contribution < -0.4 is 5.32 Å². The first-order valence-corrected chi connectivity index (χ1v) is 7.56. The van der Waals surface area contributed by atoms with Crippen LogP contribution in [0.4, 0.5) is 0 Å². The van der Waals surface area contributed by atoms with Crippen LogP contribution >= 0.6 is 0 Å². The Morgan fingerprint density at radius 2 is 1.74 bits per heavy atom. The summed E-state index contributed by atoms with van der Waals surface area (Å²) in [5.41, 5.74) is 2.82. The molecule has 1 nitrogen and oxygen atoms in total. The summed E-state index contributed by atoms with van der Waals surface area (Å²) in [5, 5.41) is 3.71. The van der Waals surface area contributed by atoms with Gasteiger partial charge in [-0.1, -0.05) is 63.3 Å². The topological polar surface area (TPSA) is 12.0 Å². The molecule has 106 valence electrons. The monoisotopic (exact) mass is 259 g/mol. The summed E-state index contributed by atoms with van der Waals surface area (Å²) in [6, 6.07) is 11.3. The third kappa shape index (κ3) is 3.48. The van der Waals surface area contributed by atoms with Crippen molar-refractivity contribution < 1.29 is 0 Å². The van der Waals surface area contributed by atoms with Gasteiger partial charge in [-0.05, 0) is 38.3 Å². The molecule has 1 N–H and O–H groups in total. The van der Waals surface area contributed by atoms with Gasteiger partial charge < -0.3 is 5.32 Å². The van der Waals surface area contributed by atoms with E-state index in [9.17, 15) is 0 Å². The molecule has 0 bridgehead atoms. The zero-order chi connectivity index (χ0) is 14.3. The summed E-state index contributed by atoms with van der Waals surface area (Å²) >= 11 is 0. The van der Waals surface area contributed by atoms with E-state index in [4.69, 9.17) is 0 Å². The largest absolute Gasteiger partial charge is 0.309 e. The van der Waals surface area contributed by atoms with Crippen LogP contribution in [0.5, 0.6) is 0 Å². The van der Waals surface area contributed by atoms with Crippen LogP contribution in [-0.2, 0) is 5.41 Å². The number of hydrogen-bond donors (Lipinski definition) is 1. The van der Waals surface area contributed by atoms with Crippen molar-refractivity contribution in [3.05, 3.63) is 48.0 Å². The molecular formula is C18H29N. The Hall–Kier alpha value is -1.08. The molecule has 0 aliphatic carbocycles. The van der Waals surface area contributed by atoms with Crippen LogP contribution in [0.2, 0.25) is 0 Å². The van der Waals surface area contributed by atoms with Gasteiger partial charge in [0.2, 0.25) is 0 Å². The first-order valence-electron chi connectivity index (χ1n) is 7.56. The quantitative estimate of drug-likeness (QED) is 0.668. The van der Waals surface area contributed by atoms with E-state index >= 15 is 0 Å². The number of nitrogens with one attached hydrogen (secondary N) is 1. The zero-order valence-corrected chi connectivity index (χ0v) is 13.0. The van der Waals surface area contributed by atoms with Crippen molar-refractivity contribution in [3.8, 4) is 0 Å². The van der Waals surface area contributed by atoms with Crippen molar-refractivity contribution in [2.75, 3.05) is 6.54 Å². The highest BCUT2D eigenvalue weighted by atomic mass is 14.9. The fourth-order valence-electron chi connectivity index (χ4n) is 3.13. The van der Waals surface area contributed by atoms with Gasteiger partial charge in [0.15, 0.2) is 0 Å². The van der Waals surface area contributed by atoms with Gasteiger partial charge in [-0.3, -0.25) is 0 Å². The highest BCUT2D eigenvalue weighted by Gasteiger charge is 2.37. The lowest BCUT2D eigenvalue weighted by molar-refractivity contribution is 0.301. The van der Waals surface area contributed by atoms with Gasteiger partial charge >= 0.3 is 0 Å². The van der Waals surface area contributed by atoms with E-state index in [0.29, 0.717) is 6.04 Å². The van der Waals surface area contributed by atoms with Crippen LogP contribution in [0, 0.1) is 0 Å². The van der Waals surface area contributed by atoms with E-state index in [-0.39, 0.29) is 5.41 Å². The minimum Gasteiger partial charge on any atom is -0.309 e. The van der Waals surface area contributed by atoms with E-state index in [2.05, 4.69) is 69.9 Å². The maximum atomic E-state index is 4.23. The average Bonchev–Trinajstić information content (AvgIpc) is 2.44. The Balaban J connectivity index is 3.18. The van der Waals surface area contributed by atoms with Crippen molar-refractivity contribution >= 4 is 0 Å². The van der Waals surface area contributed by atoms with E-state index in [1.807, 2.05) is 0 Å². The van der Waals surface area contributed by atoms with Crippen LogP contribution in [-0.4, -0.2) is 12.6 Å². The first-order chi connectivity index (χ1) is 9.12. The second-order valence-electron chi connectivity index (χ2n) is 5.46. The van der Waals surface area contributed by atoms with E-state index in [1.165, 1.54) is 11.1 Å². The fourth-order valence-corrected chi connectivity index (χ4v) is 3.13. The Kier molecular flexibility index (Phi) is 6.30. The van der Waals surface area contributed by atoms with Gasteiger partial charge in [-0.15, -0.1) is 0 Å². The molecule has 1 rings (SSSR count). The summed E-state index contributed by atoms with van der Waals surface area (Å²) in [7, 11) is 0. The summed E-state index contributed by atoms with van der Waals surface area (Å²) in [6.07, 6.45) is 3.41. The summed E-state index contributed by atoms with van der Waals surface area (Å²) in [6.45, 7) is 14.2. The lowest BCUT2D eigenvalue weighted by Gasteiger charge is -2.41. The Labute approximate surface area is 119 Å². The predicted molar refractivity (Wildman–Crippen MR) is 85.6 cm³/mol. The van der Waals surface area contributed by atoms with Gasteiger partial charge in [-0.25, -0.2) is 0 Å². The minimum absolute atomic E-state index is 0.155. The molecule has 0 saturated carbocycles. The van der Waals surface area contributed by atoms with Crippen molar-refractivity contribution in [2.24, 2.45) is 0 Å². The summed E-state index contributed by atoms with van der Waals surface area (Å²) in [4.78, 5) is 0. The van der Waals surface area contributed by atoms with E-state index in [0.717, 1.165) is 25.8 Å². The lowest BCUT2D eigenvalue weighted by atomic mass is 9.68. The smallest absolute Gasteiger partial charge is 0.0371 e. The third-order valence-electron chi connectivity index (χ3n) is 4.25. The molecule has 0 amide bonds. The molecule has 1 unspecified atom stereocenters. The molecule has 1 aromatic carbocycles. The molecule has 1 atom stereocenters. The van der Waals surface area contributed by atoms with Gasteiger partial charge in [0.05, 0.1) is 0 Å². The molecule has 0 spiro atoms. The van der Waals surface area contributed by atoms with Gasteiger partial charge in [0, 0.05) is 11.5 Å². The maximum Gasteiger partial charge on any atom is 0.0371 e. The third-order valence-corrected chi connectivity index (χ3v) is 4.25. The second-order valence-corrected chi connectivity index (χ2v) is 5.46. The highest BCUT2D eigenvalue weighted by molar-refractivity contribution is 5.31. The molecule has 19 heavy (non-hydrogen) atoms. The summed E-state index contributed by atoms with van der Waals surface area (Å²) < 4.78 is 0. The molecule has 0 aromatic heterocycles. The Bertz CT molecular complexity index is 376. The average molecular weight is 259 g/mol. The molecule has 0 radical (unpaired) electrons. The number of hydrogen-bond acceptors (Lipinski definition) is 1. The van der Waals surface area contributed by atoms with Crippen molar-refractivity contribution in [2.45, 2.75) is 58.4 Å². The van der Waals surface area contributed by atoms with Crippen LogP contribution in [0.1, 0.15) is 52.5 Å². The Morgan fingerprint density at radius 1 is 1.16 bits per heavy atom. The van der Waals surface area contributed by atoms with E-state index < -0.39 is 0 Å². The molecule has 0 aliphatic rings. The van der Waals surface area contributed by atoms with Crippen molar-refractivity contribution in [1.82, 2.24) is 5.32 Å². The van der Waals surface area contributed by atoms with Crippen molar-refractivity contribution in [1.29, 1.82) is 0 Å². The molecular weight excluding hydrogens is 230 g/mol. The number of rotatable bonds is 8. The van der Waals surface area contributed by atoms with Gasteiger partial charge in [-0.2, -0.15) is 0 Å². The van der Waals surface area contributed by atoms with Crippen LogP contribution in [0.25, 0.3) is 0 Å². The molecule has 0 aliphatic heterocycles. The standard InChI is InChI=1S/C18H29N/c1-6-14-19-17(15(4)5)18(7-2,8-3)16-12-10-9-11-13-16/h9-13,17,19H,4,6-8,14H2,1-3,5H3. The van der Waals surface area contributed by atoms with Crippen LogP contribution in [0.3, 0.4) is 0 Å². The fraction of sp³-hybridized carbons (Fsp3) is 0.556. The van der Waals surface area contributed by atoms with E-state index in [1.54, 1.807) is 0 Å². The lowest BCUT2D eigenvalue weighted by Crippen LogP contribution is -2.48.